The standard InChI is InChI=1S/C20H26O2/c1-4-5-19-18-8-6-14-12-15(22-3)7-9-16(14)17(18)10-11-20(19,2)13-21/h4,7,9,12-13,17-19H,1,5-6,8,10-11H2,2-3H3/t17-,18-,19+,20-/m1/s1. The third-order valence-electron chi connectivity index (χ3n) is 6.06. The minimum absolute atomic E-state index is 0.181. The van der Waals surface area contributed by atoms with E-state index in [9.17, 15) is 4.79 Å². The summed E-state index contributed by atoms with van der Waals surface area (Å²) in [4.78, 5) is 11.7. The minimum atomic E-state index is -0.181. The molecule has 0 spiro atoms. The molecule has 0 N–H and O–H groups in total. The van der Waals surface area contributed by atoms with Crippen LogP contribution in [0.5, 0.6) is 5.75 Å². The summed E-state index contributed by atoms with van der Waals surface area (Å²) >= 11 is 0. The number of rotatable bonds is 4. The maximum Gasteiger partial charge on any atom is 0.126 e. The lowest BCUT2D eigenvalue weighted by molar-refractivity contribution is -0.122. The summed E-state index contributed by atoms with van der Waals surface area (Å²) in [5.74, 6) is 2.57. The van der Waals surface area contributed by atoms with Gasteiger partial charge in [0.1, 0.15) is 12.0 Å². The van der Waals surface area contributed by atoms with E-state index in [0.29, 0.717) is 17.8 Å². The fraction of sp³-hybridized carbons (Fsp3) is 0.550. The highest BCUT2D eigenvalue weighted by atomic mass is 16.5. The Labute approximate surface area is 133 Å². The number of ether oxygens (including phenoxy) is 1. The quantitative estimate of drug-likeness (QED) is 0.603. The first-order valence-electron chi connectivity index (χ1n) is 8.37. The Hall–Kier alpha value is -1.57. The van der Waals surface area contributed by atoms with E-state index in [1.807, 2.05) is 6.08 Å². The Morgan fingerprint density at radius 2 is 2.23 bits per heavy atom. The first kappa shape index (κ1) is 15.3. The van der Waals surface area contributed by atoms with Crippen molar-refractivity contribution < 1.29 is 9.53 Å². The smallest absolute Gasteiger partial charge is 0.126 e. The topological polar surface area (TPSA) is 26.3 Å². The zero-order valence-electron chi connectivity index (χ0n) is 13.7. The average molecular weight is 298 g/mol. The van der Waals surface area contributed by atoms with Crippen molar-refractivity contribution in [1.29, 1.82) is 0 Å². The van der Waals surface area contributed by atoms with E-state index in [0.717, 1.165) is 31.4 Å². The fourth-order valence-corrected chi connectivity index (χ4v) is 4.80. The van der Waals surface area contributed by atoms with Crippen molar-refractivity contribution in [3.8, 4) is 5.75 Å². The van der Waals surface area contributed by atoms with E-state index in [1.54, 1.807) is 7.11 Å². The van der Waals surface area contributed by atoms with Gasteiger partial charge in [0.25, 0.3) is 0 Å². The number of carbonyl (C=O) groups excluding carboxylic acids is 1. The van der Waals surface area contributed by atoms with Crippen LogP contribution in [0.15, 0.2) is 30.9 Å². The van der Waals surface area contributed by atoms with E-state index in [2.05, 4.69) is 31.7 Å². The van der Waals surface area contributed by atoms with Crippen LogP contribution in [0, 0.1) is 17.3 Å². The van der Waals surface area contributed by atoms with Gasteiger partial charge in [-0.2, -0.15) is 0 Å². The molecule has 2 heteroatoms. The summed E-state index contributed by atoms with van der Waals surface area (Å²) < 4.78 is 5.37. The molecule has 0 unspecified atom stereocenters. The third kappa shape index (κ3) is 2.39. The molecule has 1 aromatic carbocycles. The van der Waals surface area contributed by atoms with E-state index in [4.69, 9.17) is 4.74 Å². The molecule has 1 aromatic rings. The average Bonchev–Trinajstić information content (AvgIpc) is 2.56. The number of hydrogen-bond donors (Lipinski definition) is 0. The van der Waals surface area contributed by atoms with Gasteiger partial charge in [0.05, 0.1) is 7.11 Å². The molecule has 3 rings (SSSR count). The van der Waals surface area contributed by atoms with Gasteiger partial charge < -0.3 is 9.53 Å². The monoisotopic (exact) mass is 298 g/mol. The zero-order chi connectivity index (χ0) is 15.7. The van der Waals surface area contributed by atoms with Gasteiger partial charge in [-0.05, 0) is 73.1 Å². The third-order valence-corrected chi connectivity index (χ3v) is 6.06. The summed E-state index contributed by atoms with van der Waals surface area (Å²) in [6.45, 7) is 6.07. The highest BCUT2D eigenvalue weighted by molar-refractivity contribution is 5.60. The van der Waals surface area contributed by atoms with E-state index in [-0.39, 0.29) is 5.41 Å². The van der Waals surface area contributed by atoms with Crippen molar-refractivity contribution in [3.63, 3.8) is 0 Å². The molecule has 0 radical (unpaired) electrons. The number of hydrogen-bond acceptors (Lipinski definition) is 2. The van der Waals surface area contributed by atoms with Gasteiger partial charge in [0.15, 0.2) is 0 Å². The van der Waals surface area contributed by atoms with E-state index >= 15 is 0 Å². The Kier molecular flexibility index (Phi) is 4.12. The number of fused-ring (bicyclic) bond motifs is 3. The predicted molar refractivity (Wildman–Crippen MR) is 89.3 cm³/mol. The second-order valence-corrected chi connectivity index (χ2v) is 7.17. The van der Waals surface area contributed by atoms with Gasteiger partial charge in [-0.3, -0.25) is 0 Å². The van der Waals surface area contributed by atoms with Crippen LogP contribution in [0.25, 0.3) is 0 Å². The Balaban J connectivity index is 1.96. The second-order valence-electron chi connectivity index (χ2n) is 7.17. The lowest BCUT2D eigenvalue weighted by atomic mass is 9.54. The first-order chi connectivity index (χ1) is 10.6. The normalized spacial score (nSPS) is 33.5. The maximum absolute atomic E-state index is 11.7. The second kappa shape index (κ2) is 5.91. The van der Waals surface area contributed by atoms with Crippen molar-refractivity contribution in [3.05, 3.63) is 42.0 Å². The highest BCUT2D eigenvalue weighted by Gasteiger charge is 2.47. The van der Waals surface area contributed by atoms with Crippen LogP contribution in [-0.4, -0.2) is 13.4 Å². The lowest BCUT2D eigenvalue weighted by Gasteiger charge is -2.49. The predicted octanol–water partition coefficient (Wildman–Crippen LogP) is 4.53. The number of benzene rings is 1. The molecule has 4 atom stereocenters. The summed E-state index contributed by atoms with van der Waals surface area (Å²) in [5, 5.41) is 0. The fourth-order valence-electron chi connectivity index (χ4n) is 4.80. The molecular weight excluding hydrogens is 272 g/mol. The van der Waals surface area contributed by atoms with Crippen molar-refractivity contribution in [2.24, 2.45) is 17.3 Å². The molecule has 0 amide bonds. The van der Waals surface area contributed by atoms with Crippen LogP contribution in [-0.2, 0) is 11.2 Å². The molecule has 2 nitrogen and oxygen atoms in total. The Morgan fingerprint density at radius 1 is 1.41 bits per heavy atom. The molecule has 2 aliphatic carbocycles. The SMILES string of the molecule is C=CC[C@H]1[C@@H]2CCc3cc(OC)ccc3[C@H]2CC[C@]1(C)C=O. The van der Waals surface area contributed by atoms with Crippen LogP contribution in [0.1, 0.15) is 49.7 Å². The molecular formula is C20H26O2. The molecule has 0 heterocycles. The van der Waals surface area contributed by atoms with E-state index < -0.39 is 0 Å². The Bertz CT molecular complexity index is 577. The summed E-state index contributed by atoms with van der Waals surface area (Å²) in [5.41, 5.74) is 2.74. The van der Waals surface area contributed by atoms with Gasteiger partial charge >= 0.3 is 0 Å². The molecule has 22 heavy (non-hydrogen) atoms. The molecule has 0 aromatic heterocycles. The van der Waals surface area contributed by atoms with Gasteiger partial charge in [0.2, 0.25) is 0 Å². The van der Waals surface area contributed by atoms with E-state index in [1.165, 1.54) is 23.8 Å². The molecule has 0 bridgehead atoms. The molecule has 2 aliphatic rings. The van der Waals surface area contributed by atoms with Gasteiger partial charge in [-0.25, -0.2) is 0 Å². The largest absolute Gasteiger partial charge is 0.497 e. The van der Waals surface area contributed by atoms with Crippen molar-refractivity contribution in [2.45, 2.75) is 44.9 Å². The maximum atomic E-state index is 11.7. The Morgan fingerprint density at radius 3 is 2.91 bits per heavy atom. The van der Waals surface area contributed by atoms with Crippen LogP contribution in [0.2, 0.25) is 0 Å². The molecule has 1 fully saturated rings. The van der Waals surface area contributed by atoms with Crippen LogP contribution in [0.4, 0.5) is 0 Å². The van der Waals surface area contributed by atoms with Gasteiger partial charge in [0, 0.05) is 5.41 Å². The molecule has 1 saturated carbocycles. The highest BCUT2D eigenvalue weighted by Crippen LogP contribution is 2.55. The summed E-state index contributed by atoms with van der Waals surface area (Å²) in [7, 11) is 1.73. The van der Waals surface area contributed by atoms with Crippen LogP contribution >= 0.6 is 0 Å². The van der Waals surface area contributed by atoms with Crippen LogP contribution < -0.4 is 4.74 Å². The number of aryl methyl sites for hydroxylation is 1. The first-order valence-corrected chi connectivity index (χ1v) is 8.37. The lowest BCUT2D eigenvalue weighted by Crippen LogP contribution is -2.43. The number of allylic oxidation sites excluding steroid dienone is 1. The zero-order valence-corrected chi connectivity index (χ0v) is 13.7. The number of aldehydes is 1. The number of carbonyl (C=O) groups is 1. The van der Waals surface area contributed by atoms with Crippen molar-refractivity contribution in [1.82, 2.24) is 0 Å². The van der Waals surface area contributed by atoms with Crippen molar-refractivity contribution in [2.75, 3.05) is 7.11 Å². The van der Waals surface area contributed by atoms with Crippen LogP contribution in [0.3, 0.4) is 0 Å². The van der Waals surface area contributed by atoms with Gasteiger partial charge in [-0.1, -0.05) is 19.1 Å². The molecule has 118 valence electrons. The minimum Gasteiger partial charge on any atom is -0.497 e. The van der Waals surface area contributed by atoms with Crippen molar-refractivity contribution >= 4 is 6.29 Å². The molecule has 0 saturated heterocycles. The van der Waals surface area contributed by atoms with Gasteiger partial charge in [-0.15, -0.1) is 6.58 Å². The molecule has 0 aliphatic heterocycles. The summed E-state index contributed by atoms with van der Waals surface area (Å²) in [6.07, 6.45) is 8.53. The summed E-state index contributed by atoms with van der Waals surface area (Å²) in [6, 6.07) is 6.53. The number of methoxy groups -OCH3 is 1.